The van der Waals surface area contributed by atoms with Gasteiger partial charge in [0.2, 0.25) is 0 Å². The van der Waals surface area contributed by atoms with Crippen LogP contribution in [0.25, 0.3) is 0 Å². The summed E-state index contributed by atoms with van der Waals surface area (Å²) in [4.78, 5) is 0. The lowest BCUT2D eigenvalue weighted by molar-refractivity contribution is -0.965. The van der Waals surface area contributed by atoms with Crippen LogP contribution in [0.3, 0.4) is 0 Å². The summed E-state index contributed by atoms with van der Waals surface area (Å²) in [5.41, 5.74) is 0.791. The normalized spacial score (nSPS) is 16.4. The van der Waals surface area contributed by atoms with Crippen LogP contribution in [-0.4, -0.2) is 41.9 Å². The molecule has 0 bridgehead atoms. The molecule has 2 heteroatoms. The van der Waals surface area contributed by atoms with E-state index in [1.54, 1.807) is 0 Å². The smallest absolute Gasteiger partial charge is 0.110 e. The number of aliphatic hydroxyl groups is 1. The summed E-state index contributed by atoms with van der Waals surface area (Å²) in [6.07, 6.45) is 0. The Morgan fingerprint density at radius 1 is 0.700 bits per heavy atom. The van der Waals surface area contributed by atoms with Crippen LogP contribution in [0.4, 0.5) is 0 Å². The predicted octanol–water partition coefficient (Wildman–Crippen LogP) is 4.32. The lowest BCUT2D eigenvalue weighted by Crippen LogP contribution is -2.64. The van der Waals surface area contributed by atoms with E-state index in [4.69, 9.17) is 0 Å². The molecule has 20 heavy (non-hydrogen) atoms. The van der Waals surface area contributed by atoms with Gasteiger partial charge >= 0.3 is 0 Å². The summed E-state index contributed by atoms with van der Waals surface area (Å²) in [6, 6.07) is 0.285. The molecule has 1 atom stereocenters. The maximum absolute atomic E-state index is 9.85. The molecule has 0 aromatic carbocycles. The van der Waals surface area contributed by atoms with E-state index in [9.17, 15) is 5.11 Å². The molecule has 1 N–H and O–H groups in total. The third kappa shape index (κ3) is 7.64. The lowest BCUT2D eigenvalue weighted by atomic mass is 9.84. The Hall–Kier alpha value is -0.0800. The van der Waals surface area contributed by atoms with Crippen molar-refractivity contribution in [2.24, 2.45) is 16.2 Å². The van der Waals surface area contributed by atoms with Gasteiger partial charge in [-0.25, -0.2) is 0 Å². The van der Waals surface area contributed by atoms with Crippen LogP contribution in [0.1, 0.15) is 69.2 Å². The van der Waals surface area contributed by atoms with Gasteiger partial charge in [0.1, 0.15) is 6.04 Å². The monoisotopic (exact) mass is 286 g/mol. The van der Waals surface area contributed by atoms with E-state index in [-0.39, 0.29) is 28.9 Å². The quantitative estimate of drug-likeness (QED) is 0.746. The minimum absolute atomic E-state index is 0.264. The molecule has 0 aromatic rings. The average molecular weight is 287 g/mol. The van der Waals surface area contributed by atoms with E-state index in [1.165, 1.54) is 0 Å². The molecule has 0 heterocycles. The maximum Gasteiger partial charge on any atom is 0.110 e. The van der Waals surface area contributed by atoms with Crippen LogP contribution in [0, 0.1) is 16.2 Å². The topological polar surface area (TPSA) is 20.2 Å². The highest BCUT2D eigenvalue weighted by atomic mass is 16.3. The lowest BCUT2D eigenvalue weighted by Gasteiger charge is -2.52. The Kier molecular flexibility index (Phi) is 6.33. The van der Waals surface area contributed by atoms with Gasteiger partial charge < -0.3 is 9.59 Å². The minimum atomic E-state index is 0.264. The van der Waals surface area contributed by atoms with Crippen LogP contribution < -0.4 is 0 Å². The zero-order valence-corrected chi connectivity index (χ0v) is 15.8. The molecule has 0 aliphatic heterocycles. The van der Waals surface area contributed by atoms with Gasteiger partial charge in [0.05, 0.1) is 26.2 Å². The first kappa shape index (κ1) is 19.9. The number of quaternary nitrogens is 1. The van der Waals surface area contributed by atoms with Crippen molar-refractivity contribution in [2.75, 3.05) is 26.2 Å². The van der Waals surface area contributed by atoms with Gasteiger partial charge in [-0.05, 0) is 6.92 Å². The van der Waals surface area contributed by atoms with Crippen molar-refractivity contribution in [2.45, 2.75) is 75.3 Å². The molecule has 0 saturated heterocycles. The number of aliphatic hydroxyl groups excluding tert-OH is 1. The fourth-order valence-electron chi connectivity index (χ4n) is 3.64. The zero-order chi connectivity index (χ0) is 16.4. The van der Waals surface area contributed by atoms with Crippen molar-refractivity contribution in [3.8, 4) is 0 Å². The summed E-state index contributed by atoms with van der Waals surface area (Å²) in [5, 5.41) is 9.85. The molecule has 0 aliphatic rings. The second-order valence-corrected chi connectivity index (χ2v) is 10.4. The van der Waals surface area contributed by atoms with Crippen molar-refractivity contribution >= 4 is 0 Å². The zero-order valence-electron chi connectivity index (χ0n) is 15.8. The molecule has 0 saturated carbocycles. The molecular formula is C18H40NO+. The van der Waals surface area contributed by atoms with Crippen LogP contribution in [0.15, 0.2) is 0 Å². The van der Waals surface area contributed by atoms with E-state index < -0.39 is 0 Å². The van der Waals surface area contributed by atoms with Gasteiger partial charge in [-0.2, -0.15) is 0 Å². The van der Waals surface area contributed by atoms with Crippen molar-refractivity contribution in [1.29, 1.82) is 0 Å². The molecule has 0 aromatic heterocycles. The van der Waals surface area contributed by atoms with Crippen LogP contribution in [-0.2, 0) is 0 Å². The van der Waals surface area contributed by atoms with E-state index in [2.05, 4.69) is 69.2 Å². The molecule has 2 nitrogen and oxygen atoms in total. The Bertz CT molecular complexity index is 247. The Labute approximate surface area is 128 Å². The van der Waals surface area contributed by atoms with Crippen molar-refractivity contribution in [3.05, 3.63) is 0 Å². The third-order valence-corrected chi connectivity index (χ3v) is 3.57. The highest BCUT2D eigenvalue weighted by Crippen LogP contribution is 2.34. The second kappa shape index (κ2) is 6.36. The predicted molar refractivity (Wildman–Crippen MR) is 89.8 cm³/mol. The first-order chi connectivity index (χ1) is 8.60. The first-order valence-corrected chi connectivity index (χ1v) is 8.07. The van der Waals surface area contributed by atoms with Gasteiger partial charge in [0.25, 0.3) is 0 Å². The number of hydrogen-bond donors (Lipinski definition) is 1. The van der Waals surface area contributed by atoms with Gasteiger partial charge in [-0.3, -0.25) is 0 Å². The van der Waals surface area contributed by atoms with Gasteiger partial charge in [-0.1, -0.05) is 62.3 Å². The summed E-state index contributed by atoms with van der Waals surface area (Å²) < 4.78 is 1.01. The largest absolute Gasteiger partial charge is 0.390 e. The first-order valence-electron chi connectivity index (χ1n) is 8.07. The van der Waals surface area contributed by atoms with Crippen molar-refractivity contribution in [1.82, 2.24) is 0 Å². The summed E-state index contributed by atoms with van der Waals surface area (Å²) >= 11 is 0. The summed E-state index contributed by atoms with van der Waals surface area (Å²) in [5.74, 6) is 0. The fourth-order valence-corrected chi connectivity index (χ4v) is 3.64. The van der Waals surface area contributed by atoms with Crippen molar-refractivity contribution < 1.29 is 9.59 Å². The molecule has 0 radical (unpaired) electrons. The second-order valence-electron chi connectivity index (χ2n) is 10.4. The third-order valence-electron chi connectivity index (χ3n) is 3.57. The molecule has 0 fully saturated rings. The summed E-state index contributed by atoms with van der Waals surface area (Å²) in [6.45, 7) is 26.7. The summed E-state index contributed by atoms with van der Waals surface area (Å²) in [7, 11) is 0. The molecule has 0 aliphatic carbocycles. The Morgan fingerprint density at radius 3 is 1.10 bits per heavy atom. The standard InChI is InChI=1S/C18H40NO/c1-15(11-20)19(12-16(2,3)4,13-17(5,6)7)14-18(8,9)10/h15,20H,11-14H2,1-10H3/q+1. The Balaban J connectivity index is 5.63. The number of nitrogens with zero attached hydrogens (tertiary/aromatic N) is 1. The van der Waals surface area contributed by atoms with Crippen LogP contribution in [0.2, 0.25) is 0 Å². The van der Waals surface area contributed by atoms with E-state index in [0.717, 1.165) is 24.1 Å². The van der Waals surface area contributed by atoms with Crippen LogP contribution >= 0.6 is 0 Å². The molecular weight excluding hydrogens is 246 g/mol. The fraction of sp³-hybridized carbons (Fsp3) is 1.00. The minimum Gasteiger partial charge on any atom is -0.390 e. The molecule has 0 amide bonds. The van der Waals surface area contributed by atoms with Gasteiger partial charge in [0, 0.05) is 16.2 Å². The average Bonchev–Trinajstić information content (AvgIpc) is 2.07. The van der Waals surface area contributed by atoms with Gasteiger partial charge in [0.15, 0.2) is 0 Å². The SMILES string of the molecule is CC(CO)[N+](CC(C)(C)C)(CC(C)(C)C)CC(C)(C)C. The highest BCUT2D eigenvalue weighted by Gasteiger charge is 2.43. The highest BCUT2D eigenvalue weighted by molar-refractivity contribution is 4.73. The van der Waals surface area contributed by atoms with Gasteiger partial charge in [-0.15, -0.1) is 0 Å². The van der Waals surface area contributed by atoms with Crippen molar-refractivity contribution in [3.63, 3.8) is 0 Å². The number of rotatable bonds is 5. The molecule has 1 unspecified atom stereocenters. The Morgan fingerprint density at radius 2 is 0.950 bits per heavy atom. The molecule has 122 valence electrons. The van der Waals surface area contributed by atoms with E-state index in [1.807, 2.05) is 0 Å². The maximum atomic E-state index is 9.85. The van der Waals surface area contributed by atoms with E-state index in [0.29, 0.717) is 0 Å². The number of hydrogen-bond acceptors (Lipinski definition) is 1. The van der Waals surface area contributed by atoms with E-state index >= 15 is 0 Å². The molecule has 0 spiro atoms. The van der Waals surface area contributed by atoms with Crippen LogP contribution in [0.5, 0.6) is 0 Å². The molecule has 0 rings (SSSR count).